The lowest BCUT2D eigenvalue weighted by atomic mass is 9.74. The molecule has 0 saturated carbocycles. The highest BCUT2D eigenvalue weighted by Crippen LogP contribution is 2.35. The third-order valence-electron chi connectivity index (χ3n) is 5.91. The summed E-state index contributed by atoms with van der Waals surface area (Å²) in [5.74, 6) is -0.00613. The molecule has 1 saturated heterocycles. The van der Waals surface area contributed by atoms with Gasteiger partial charge < -0.3 is 10.2 Å². The van der Waals surface area contributed by atoms with Crippen LogP contribution in [0.15, 0.2) is 66.3 Å². The van der Waals surface area contributed by atoms with Gasteiger partial charge in [-0.2, -0.15) is 0 Å². The number of carbonyl (C=O) groups is 2. The van der Waals surface area contributed by atoms with Crippen LogP contribution in [-0.4, -0.2) is 41.3 Å². The van der Waals surface area contributed by atoms with E-state index >= 15 is 0 Å². The maximum Gasteiger partial charge on any atom is 0.253 e. The summed E-state index contributed by atoms with van der Waals surface area (Å²) in [4.78, 5) is 33.4. The van der Waals surface area contributed by atoms with Crippen molar-refractivity contribution in [2.75, 3.05) is 19.6 Å². The Morgan fingerprint density at radius 3 is 2.58 bits per heavy atom. The first-order valence-electron chi connectivity index (χ1n) is 10.7. The summed E-state index contributed by atoms with van der Waals surface area (Å²) in [5, 5.41) is 5.10. The zero-order valence-electron chi connectivity index (χ0n) is 17.7. The first-order valence-corrected chi connectivity index (χ1v) is 11.6. The third-order valence-corrected chi connectivity index (χ3v) is 6.83. The van der Waals surface area contributed by atoms with Crippen LogP contribution in [0.3, 0.4) is 0 Å². The molecule has 6 heteroatoms. The van der Waals surface area contributed by atoms with Crippen molar-refractivity contribution in [1.82, 2.24) is 15.2 Å². The fourth-order valence-electron chi connectivity index (χ4n) is 4.36. The Hall–Kier alpha value is -2.99. The number of amides is 2. The summed E-state index contributed by atoms with van der Waals surface area (Å²) in [6, 6.07) is 16.1. The zero-order valence-corrected chi connectivity index (χ0v) is 18.5. The Bertz CT molecular complexity index is 1020. The molecule has 1 fully saturated rings. The van der Waals surface area contributed by atoms with E-state index in [2.05, 4.69) is 52.1 Å². The Morgan fingerprint density at radius 1 is 1.13 bits per heavy atom. The summed E-state index contributed by atoms with van der Waals surface area (Å²) < 4.78 is 0. The third kappa shape index (κ3) is 4.69. The van der Waals surface area contributed by atoms with Crippen molar-refractivity contribution in [3.8, 4) is 10.4 Å². The van der Waals surface area contributed by atoms with Gasteiger partial charge in [0.2, 0.25) is 5.91 Å². The summed E-state index contributed by atoms with van der Waals surface area (Å²) >= 11 is 1.72. The van der Waals surface area contributed by atoms with Crippen molar-refractivity contribution in [3.63, 3.8) is 0 Å². The van der Waals surface area contributed by atoms with Gasteiger partial charge in [-0.1, -0.05) is 30.3 Å². The van der Waals surface area contributed by atoms with Crippen molar-refractivity contribution >= 4 is 23.2 Å². The molecule has 1 atom stereocenters. The summed E-state index contributed by atoms with van der Waals surface area (Å²) in [7, 11) is 0. The van der Waals surface area contributed by atoms with Crippen LogP contribution in [0, 0.1) is 5.41 Å². The predicted octanol–water partition coefficient (Wildman–Crippen LogP) is 4.41. The van der Waals surface area contributed by atoms with E-state index in [0.29, 0.717) is 31.6 Å². The smallest absolute Gasteiger partial charge is 0.253 e. The topological polar surface area (TPSA) is 62.3 Å². The molecule has 1 aromatic carbocycles. The van der Waals surface area contributed by atoms with Gasteiger partial charge in [0.05, 0.1) is 5.41 Å². The van der Waals surface area contributed by atoms with Gasteiger partial charge in [-0.3, -0.25) is 14.6 Å². The van der Waals surface area contributed by atoms with Crippen molar-refractivity contribution < 1.29 is 9.59 Å². The van der Waals surface area contributed by atoms with Gasteiger partial charge in [-0.25, -0.2) is 0 Å². The molecule has 1 aliphatic heterocycles. The van der Waals surface area contributed by atoms with E-state index in [1.165, 1.54) is 10.4 Å². The van der Waals surface area contributed by atoms with E-state index < -0.39 is 5.41 Å². The minimum absolute atomic E-state index is 0.0320. The average Bonchev–Trinajstić information content (AvgIpc) is 3.35. The zero-order chi connectivity index (χ0) is 21.7. The van der Waals surface area contributed by atoms with Crippen LogP contribution in [0.5, 0.6) is 0 Å². The SMILES string of the molecule is CCNC(=O)C1(Cc2ccc(-c3cccs3)cc2)CCCN(C(=O)c2ccncc2)C1. The van der Waals surface area contributed by atoms with Crippen LogP contribution >= 0.6 is 11.3 Å². The van der Waals surface area contributed by atoms with E-state index in [9.17, 15) is 9.59 Å². The lowest BCUT2D eigenvalue weighted by Gasteiger charge is -2.42. The molecule has 1 unspecified atom stereocenters. The molecule has 3 heterocycles. The number of hydrogen-bond donors (Lipinski definition) is 1. The number of piperidine rings is 1. The number of nitrogens with one attached hydrogen (secondary N) is 1. The molecule has 3 aromatic rings. The number of aromatic nitrogens is 1. The lowest BCUT2D eigenvalue weighted by molar-refractivity contribution is -0.133. The maximum atomic E-state index is 13.2. The molecule has 1 N–H and O–H groups in total. The van der Waals surface area contributed by atoms with Crippen LogP contribution in [0.4, 0.5) is 0 Å². The first-order chi connectivity index (χ1) is 15.1. The minimum Gasteiger partial charge on any atom is -0.356 e. The standard InChI is InChI=1S/C25H27N3O2S/c1-2-27-24(30)25(17-19-6-8-20(9-7-19)22-5-3-16-31-22)12-4-15-28(18-25)23(29)21-10-13-26-14-11-21/h3,5-11,13-14,16H,2,4,12,15,17-18H2,1H3,(H,27,30). The minimum atomic E-state index is -0.624. The number of likely N-dealkylation sites (tertiary alicyclic amines) is 1. The number of pyridine rings is 1. The molecular formula is C25H27N3O2S. The van der Waals surface area contributed by atoms with Gasteiger partial charge in [-0.05, 0) is 60.9 Å². The van der Waals surface area contributed by atoms with Crippen LogP contribution in [0.1, 0.15) is 35.7 Å². The predicted molar refractivity (Wildman–Crippen MR) is 124 cm³/mol. The number of rotatable bonds is 6. The van der Waals surface area contributed by atoms with Crippen LogP contribution in [0.2, 0.25) is 0 Å². The molecule has 5 nitrogen and oxygen atoms in total. The molecule has 0 spiro atoms. The normalized spacial score (nSPS) is 18.5. The van der Waals surface area contributed by atoms with Crippen molar-refractivity contribution in [3.05, 3.63) is 77.4 Å². The molecular weight excluding hydrogens is 406 g/mol. The van der Waals surface area contributed by atoms with E-state index in [0.717, 1.165) is 18.4 Å². The van der Waals surface area contributed by atoms with Crippen molar-refractivity contribution in [2.45, 2.75) is 26.2 Å². The van der Waals surface area contributed by atoms with E-state index in [-0.39, 0.29) is 11.8 Å². The lowest BCUT2D eigenvalue weighted by Crippen LogP contribution is -2.54. The second-order valence-corrected chi connectivity index (χ2v) is 9.00. The highest BCUT2D eigenvalue weighted by atomic mass is 32.1. The number of hydrogen-bond acceptors (Lipinski definition) is 4. The quantitative estimate of drug-likeness (QED) is 0.626. The Labute approximate surface area is 187 Å². The summed E-state index contributed by atoms with van der Waals surface area (Å²) in [6.07, 6.45) is 5.45. The fourth-order valence-corrected chi connectivity index (χ4v) is 5.09. The van der Waals surface area contributed by atoms with E-state index in [4.69, 9.17) is 0 Å². The number of benzene rings is 1. The average molecular weight is 434 g/mol. The number of carbonyl (C=O) groups excluding carboxylic acids is 2. The largest absolute Gasteiger partial charge is 0.356 e. The van der Waals surface area contributed by atoms with Gasteiger partial charge in [0.15, 0.2) is 0 Å². The summed E-state index contributed by atoms with van der Waals surface area (Å²) in [5.41, 5.74) is 2.29. The van der Waals surface area contributed by atoms with Crippen molar-refractivity contribution in [2.24, 2.45) is 5.41 Å². The fraction of sp³-hybridized carbons (Fsp3) is 0.320. The second kappa shape index (κ2) is 9.43. The molecule has 0 bridgehead atoms. The molecule has 2 aromatic heterocycles. The highest BCUT2D eigenvalue weighted by molar-refractivity contribution is 7.13. The maximum absolute atomic E-state index is 13.2. The van der Waals surface area contributed by atoms with Crippen LogP contribution in [0.25, 0.3) is 10.4 Å². The molecule has 4 rings (SSSR count). The Morgan fingerprint density at radius 2 is 1.90 bits per heavy atom. The van der Waals surface area contributed by atoms with Gasteiger partial charge >= 0.3 is 0 Å². The molecule has 1 aliphatic rings. The second-order valence-electron chi connectivity index (χ2n) is 8.06. The monoisotopic (exact) mass is 433 g/mol. The Balaban J connectivity index is 1.58. The van der Waals surface area contributed by atoms with Gasteiger partial charge in [-0.15, -0.1) is 11.3 Å². The van der Waals surface area contributed by atoms with Crippen LogP contribution in [-0.2, 0) is 11.2 Å². The molecule has 0 radical (unpaired) electrons. The van der Waals surface area contributed by atoms with E-state index in [1.54, 1.807) is 35.9 Å². The number of nitrogens with zero attached hydrogens (tertiary/aromatic N) is 2. The van der Waals surface area contributed by atoms with Crippen LogP contribution < -0.4 is 5.32 Å². The molecule has 0 aliphatic carbocycles. The van der Waals surface area contributed by atoms with E-state index in [1.807, 2.05) is 11.8 Å². The van der Waals surface area contributed by atoms with Gasteiger partial charge in [0.25, 0.3) is 5.91 Å². The van der Waals surface area contributed by atoms with Gasteiger partial charge in [0, 0.05) is 42.5 Å². The van der Waals surface area contributed by atoms with Crippen molar-refractivity contribution in [1.29, 1.82) is 0 Å². The molecule has 31 heavy (non-hydrogen) atoms. The molecule has 160 valence electrons. The number of thiophene rings is 1. The first kappa shape index (κ1) is 21.2. The molecule has 2 amide bonds. The Kier molecular flexibility index (Phi) is 6.47. The van der Waals surface area contributed by atoms with Gasteiger partial charge in [0.1, 0.15) is 0 Å². The summed E-state index contributed by atoms with van der Waals surface area (Å²) in [6.45, 7) is 3.60. The highest BCUT2D eigenvalue weighted by Gasteiger charge is 2.43.